The Kier molecular flexibility index (Phi) is 6.14. The van der Waals surface area contributed by atoms with Crippen LogP contribution in [-0.2, 0) is 16.6 Å². The molecule has 2 N–H and O–H groups in total. The van der Waals surface area contributed by atoms with Gasteiger partial charge in [0.25, 0.3) is 5.91 Å². The van der Waals surface area contributed by atoms with Crippen LogP contribution in [0.3, 0.4) is 0 Å². The fraction of sp³-hybridized carbons (Fsp3) is 0.542. The number of amides is 2. The number of carbonyl (C=O) groups excluding carboxylic acids is 2. The van der Waals surface area contributed by atoms with Gasteiger partial charge in [0.15, 0.2) is 0 Å². The van der Waals surface area contributed by atoms with E-state index in [0.29, 0.717) is 24.0 Å². The molecule has 166 valence electrons. The fourth-order valence-electron chi connectivity index (χ4n) is 4.30. The Morgan fingerprint density at radius 2 is 1.97 bits per heavy atom. The van der Waals surface area contributed by atoms with Crippen molar-refractivity contribution in [1.82, 2.24) is 15.1 Å². The maximum atomic E-state index is 12.8. The molecule has 31 heavy (non-hydrogen) atoms. The van der Waals surface area contributed by atoms with E-state index in [1.807, 2.05) is 30.3 Å². The summed E-state index contributed by atoms with van der Waals surface area (Å²) in [6.45, 7) is 5.83. The molecule has 1 saturated carbocycles. The number of aromatic nitrogens is 2. The predicted molar refractivity (Wildman–Crippen MR) is 119 cm³/mol. The summed E-state index contributed by atoms with van der Waals surface area (Å²) in [5, 5.41) is 10.5. The van der Waals surface area contributed by atoms with Crippen LogP contribution in [0.4, 0.5) is 5.69 Å². The molecule has 0 spiro atoms. The van der Waals surface area contributed by atoms with Gasteiger partial charge in [-0.3, -0.25) is 14.3 Å². The Morgan fingerprint density at radius 1 is 1.19 bits per heavy atom. The molecule has 2 aromatic rings. The molecule has 7 heteroatoms. The summed E-state index contributed by atoms with van der Waals surface area (Å²) >= 11 is 0. The molecule has 0 unspecified atom stereocenters. The summed E-state index contributed by atoms with van der Waals surface area (Å²) in [6.07, 6.45) is 3.77. The largest absolute Gasteiger partial charge is 0.370 e. The summed E-state index contributed by atoms with van der Waals surface area (Å²) in [5.74, 6) is 0.674. The summed E-state index contributed by atoms with van der Waals surface area (Å²) in [4.78, 5) is 24.5. The Bertz CT molecular complexity index is 963. The molecule has 1 aromatic heterocycles. The minimum absolute atomic E-state index is 0.0177. The SMILES string of the molecule is CC(=O)N[C@H]1C[C@@H](c2cccc(NC(=O)c3cc(C4CC4)nn3C)c2)O[C@@H](C(C)C)C1. The number of hydrogen-bond acceptors (Lipinski definition) is 4. The highest BCUT2D eigenvalue weighted by atomic mass is 16.5. The minimum atomic E-state index is -0.167. The molecule has 2 amide bonds. The van der Waals surface area contributed by atoms with E-state index in [9.17, 15) is 9.59 Å². The number of aryl methyl sites for hydroxylation is 1. The van der Waals surface area contributed by atoms with E-state index in [2.05, 4.69) is 29.6 Å². The lowest BCUT2D eigenvalue weighted by Crippen LogP contribution is -2.43. The van der Waals surface area contributed by atoms with Gasteiger partial charge in [0.2, 0.25) is 5.91 Å². The van der Waals surface area contributed by atoms with Gasteiger partial charge < -0.3 is 15.4 Å². The first-order valence-electron chi connectivity index (χ1n) is 11.2. The van der Waals surface area contributed by atoms with Crippen molar-refractivity contribution in [2.75, 3.05) is 5.32 Å². The van der Waals surface area contributed by atoms with Crippen molar-refractivity contribution in [3.63, 3.8) is 0 Å². The molecular weight excluding hydrogens is 392 g/mol. The third-order valence-electron chi connectivity index (χ3n) is 6.15. The lowest BCUT2D eigenvalue weighted by molar-refractivity contribution is -0.123. The quantitative estimate of drug-likeness (QED) is 0.736. The Balaban J connectivity index is 1.49. The zero-order valence-electron chi connectivity index (χ0n) is 18.7. The van der Waals surface area contributed by atoms with E-state index >= 15 is 0 Å². The van der Waals surface area contributed by atoms with Gasteiger partial charge in [-0.2, -0.15) is 5.10 Å². The second-order valence-corrected chi connectivity index (χ2v) is 9.21. The van der Waals surface area contributed by atoms with Gasteiger partial charge in [0, 0.05) is 31.6 Å². The normalized spacial score (nSPS) is 23.6. The van der Waals surface area contributed by atoms with Gasteiger partial charge in [-0.25, -0.2) is 0 Å². The van der Waals surface area contributed by atoms with Crippen LogP contribution in [0.5, 0.6) is 0 Å². The molecule has 2 fully saturated rings. The van der Waals surface area contributed by atoms with Crippen LogP contribution in [0, 0.1) is 5.92 Å². The highest BCUT2D eigenvalue weighted by Crippen LogP contribution is 2.39. The van der Waals surface area contributed by atoms with Crippen molar-refractivity contribution in [2.24, 2.45) is 13.0 Å². The molecule has 2 aliphatic rings. The number of ether oxygens (including phenoxy) is 1. The number of carbonyl (C=O) groups is 2. The number of nitrogens with zero attached hydrogens (tertiary/aromatic N) is 2. The average Bonchev–Trinajstić information content (AvgIpc) is 3.49. The minimum Gasteiger partial charge on any atom is -0.370 e. The molecule has 7 nitrogen and oxygen atoms in total. The van der Waals surface area contributed by atoms with E-state index in [0.717, 1.165) is 36.2 Å². The van der Waals surface area contributed by atoms with Gasteiger partial charge in [-0.05, 0) is 55.4 Å². The van der Waals surface area contributed by atoms with E-state index in [1.165, 1.54) is 0 Å². The molecule has 1 saturated heterocycles. The predicted octanol–water partition coefficient (Wildman–Crippen LogP) is 3.93. The van der Waals surface area contributed by atoms with Crippen LogP contribution in [0.2, 0.25) is 0 Å². The Labute approximate surface area is 183 Å². The van der Waals surface area contributed by atoms with Gasteiger partial charge in [0.05, 0.1) is 17.9 Å². The highest BCUT2D eigenvalue weighted by molar-refractivity contribution is 6.03. The standard InChI is InChI=1S/C24H32N4O3/c1-14(2)22-11-19(25-15(3)29)12-23(31-22)17-6-5-7-18(10-17)26-24(30)21-13-20(16-8-9-16)27-28(21)4/h5-7,10,13-14,16,19,22-23H,8-9,11-12H2,1-4H3,(H,25,29)(H,26,30)/t19-,22-,23+/m1/s1. The number of anilines is 1. The lowest BCUT2D eigenvalue weighted by Gasteiger charge is -2.38. The summed E-state index contributed by atoms with van der Waals surface area (Å²) < 4.78 is 8.02. The van der Waals surface area contributed by atoms with Crippen LogP contribution >= 0.6 is 0 Å². The molecule has 3 atom stereocenters. The van der Waals surface area contributed by atoms with Crippen LogP contribution in [0.1, 0.15) is 80.2 Å². The van der Waals surface area contributed by atoms with E-state index in [-0.39, 0.29) is 30.1 Å². The van der Waals surface area contributed by atoms with Crippen LogP contribution in [0.25, 0.3) is 0 Å². The first-order chi connectivity index (χ1) is 14.8. The topological polar surface area (TPSA) is 85.3 Å². The smallest absolute Gasteiger partial charge is 0.273 e. The summed E-state index contributed by atoms with van der Waals surface area (Å²) in [5.41, 5.74) is 3.29. The molecule has 1 aromatic carbocycles. The van der Waals surface area contributed by atoms with Crippen molar-refractivity contribution in [3.8, 4) is 0 Å². The van der Waals surface area contributed by atoms with E-state index in [4.69, 9.17) is 4.74 Å². The van der Waals surface area contributed by atoms with Crippen LogP contribution in [-0.4, -0.2) is 33.7 Å². The molecule has 0 bridgehead atoms. The summed E-state index contributed by atoms with van der Waals surface area (Å²) in [7, 11) is 1.81. The first kappa shape index (κ1) is 21.6. The second kappa shape index (κ2) is 8.83. The summed E-state index contributed by atoms with van der Waals surface area (Å²) in [6, 6.07) is 9.77. The molecule has 4 rings (SSSR count). The van der Waals surface area contributed by atoms with Crippen molar-refractivity contribution in [1.29, 1.82) is 0 Å². The monoisotopic (exact) mass is 424 g/mol. The Hall–Kier alpha value is -2.67. The van der Waals surface area contributed by atoms with E-state index in [1.54, 1.807) is 18.7 Å². The van der Waals surface area contributed by atoms with Gasteiger partial charge in [-0.1, -0.05) is 26.0 Å². The third-order valence-corrected chi connectivity index (χ3v) is 6.15. The van der Waals surface area contributed by atoms with Gasteiger partial charge in [0.1, 0.15) is 5.69 Å². The van der Waals surface area contributed by atoms with Crippen molar-refractivity contribution in [2.45, 2.75) is 70.6 Å². The first-order valence-corrected chi connectivity index (χ1v) is 11.2. The molecule has 1 aliphatic carbocycles. The van der Waals surface area contributed by atoms with Crippen LogP contribution < -0.4 is 10.6 Å². The zero-order chi connectivity index (χ0) is 22.1. The maximum Gasteiger partial charge on any atom is 0.273 e. The fourth-order valence-corrected chi connectivity index (χ4v) is 4.30. The lowest BCUT2D eigenvalue weighted by atomic mass is 9.89. The van der Waals surface area contributed by atoms with Gasteiger partial charge >= 0.3 is 0 Å². The van der Waals surface area contributed by atoms with Gasteiger partial charge in [-0.15, -0.1) is 0 Å². The van der Waals surface area contributed by atoms with Crippen molar-refractivity contribution >= 4 is 17.5 Å². The number of rotatable bonds is 6. The van der Waals surface area contributed by atoms with Crippen molar-refractivity contribution in [3.05, 3.63) is 47.3 Å². The molecule has 1 aliphatic heterocycles. The maximum absolute atomic E-state index is 12.8. The second-order valence-electron chi connectivity index (χ2n) is 9.21. The highest BCUT2D eigenvalue weighted by Gasteiger charge is 2.33. The average molecular weight is 425 g/mol. The number of benzene rings is 1. The number of nitrogens with one attached hydrogen (secondary N) is 2. The third kappa shape index (κ3) is 5.15. The van der Waals surface area contributed by atoms with E-state index < -0.39 is 0 Å². The molecule has 0 radical (unpaired) electrons. The molecule has 2 heterocycles. The zero-order valence-corrected chi connectivity index (χ0v) is 18.7. The van der Waals surface area contributed by atoms with Crippen LogP contribution in [0.15, 0.2) is 30.3 Å². The molecular formula is C24H32N4O3. The number of hydrogen-bond donors (Lipinski definition) is 2. The van der Waals surface area contributed by atoms with Crippen molar-refractivity contribution < 1.29 is 14.3 Å². The Morgan fingerprint density at radius 3 is 2.65 bits per heavy atom.